The van der Waals surface area contributed by atoms with Crippen LogP contribution in [0.1, 0.15) is 24.1 Å². The molecule has 0 aromatic carbocycles. The number of anilines is 1. The molecule has 0 saturated carbocycles. The molecule has 0 saturated heterocycles. The predicted octanol–water partition coefficient (Wildman–Crippen LogP) is 0.575. The second-order valence-electron chi connectivity index (χ2n) is 3.96. The molecule has 0 aliphatic heterocycles. The van der Waals surface area contributed by atoms with Crippen LogP contribution in [0.5, 0.6) is 0 Å². The Hall–Kier alpha value is -2.03. The third-order valence-electron chi connectivity index (χ3n) is 2.55. The Balaban J connectivity index is 2.28. The molecule has 8 nitrogen and oxygen atoms in total. The molecule has 0 amide bonds. The fourth-order valence-corrected chi connectivity index (χ4v) is 2.22. The molecule has 2 N–H and O–H groups in total. The van der Waals surface area contributed by atoms with Crippen molar-refractivity contribution in [3.05, 3.63) is 23.4 Å². The minimum atomic E-state index is -3.77. The summed E-state index contributed by atoms with van der Waals surface area (Å²) in [6.07, 6.45) is 1.88. The van der Waals surface area contributed by atoms with Gasteiger partial charge in [0.2, 0.25) is 0 Å². The highest BCUT2D eigenvalue weighted by Crippen LogP contribution is 2.11. The van der Waals surface area contributed by atoms with E-state index in [-0.39, 0.29) is 11.0 Å². The second kappa shape index (κ2) is 4.92. The molecule has 0 spiro atoms. The van der Waals surface area contributed by atoms with Crippen molar-refractivity contribution in [2.24, 2.45) is 0 Å². The number of rotatable bonds is 4. The van der Waals surface area contributed by atoms with Crippen LogP contribution >= 0.6 is 0 Å². The Kier molecular flexibility index (Phi) is 3.47. The Morgan fingerprint density at radius 1 is 1.26 bits per heavy atom. The van der Waals surface area contributed by atoms with Gasteiger partial charge in [-0.25, -0.2) is 14.7 Å². The van der Waals surface area contributed by atoms with Crippen molar-refractivity contribution in [3.8, 4) is 0 Å². The maximum atomic E-state index is 12.0. The lowest BCUT2D eigenvalue weighted by Gasteiger charge is -2.05. The fourth-order valence-electron chi connectivity index (χ4n) is 1.33. The van der Waals surface area contributed by atoms with E-state index in [0.717, 1.165) is 0 Å². The summed E-state index contributed by atoms with van der Waals surface area (Å²) in [5, 5.41) is 7.48. The summed E-state index contributed by atoms with van der Waals surface area (Å²) < 4.78 is 26.3. The maximum Gasteiger partial charge on any atom is 0.281 e. The summed E-state index contributed by atoms with van der Waals surface area (Å²) in [6.45, 7) is 5.35. The quantitative estimate of drug-likeness (QED) is 0.847. The number of nitrogens with one attached hydrogen (secondary N) is 2. The molecule has 0 aliphatic carbocycles. The highest BCUT2D eigenvalue weighted by atomic mass is 32.2. The molecule has 0 unspecified atom stereocenters. The average Bonchev–Trinajstić information content (AvgIpc) is 2.83. The van der Waals surface area contributed by atoms with Crippen molar-refractivity contribution >= 4 is 16.0 Å². The fraction of sp³-hybridized carbons (Fsp3) is 0.400. The van der Waals surface area contributed by atoms with Crippen molar-refractivity contribution in [3.63, 3.8) is 0 Å². The number of sulfonamides is 1. The number of hydrogen-bond acceptors (Lipinski definition) is 6. The number of H-pyrrole nitrogens is 1. The van der Waals surface area contributed by atoms with Gasteiger partial charge in [0.25, 0.3) is 16.0 Å². The molecule has 2 aromatic rings. The first-order valence-electron chi connectivity index (χ1n) is 5.67. The normalized spacial score (nSPS) is 11.5. The molecule has 0 bridgehead atoms. The van der Waals surface area contributed by atoms with E-state index in [1.165, 1.54) is 6.20 Å². The highest BCUT2D eigenvalue weighted by Gasteiger charge is 2.18. The molecule has 19 heavy (non-hydrogen) atoms. The average molecular weight is 282 g/mol. The largest absolute Gasteiger partial charge is 0.332 e. The van der Waals surface area contributed by atoms with Gasteiger partial charge in [0, 0.05) is 6.42 Å². The number of aromatic nitrogens is 5. The first-order chi connectivity index (χ1) is 8.92. The van der Waals surface area contributed by atoms with Crippen LogP contribution < -0.4 is 4.72 Å². The van der Waals surface area contributed by atoms with Gasteiger partial charge < -0.3 is 4.98 Å². The SMILES string of the molecule is CCc1ncc(S(=O)(=O)Nc2nnc(C)c(C)n2)[nH]1. The number of imidazole rings is 1. The zero-order valence-corrected chi connectivity index (χ0v) is 11.6. The van der Waals surface area contributed by atoms with Gasteiger partial charge in [0.15, 0.2) is 5.03 Å². The van der Waals surface area contributed by atoms with E-state index >= 15 is 0 Å². The molecule has 0 fully saturated rings. The van der Waals surface area contributed by atoms with Crippen molar-refractivity contribution in [1.82, 2.24) is 25.1 Å². The van der Waals surface area contributed by atoms with Gasteiger partial charge in [-0.1, -0.05) is 6.92 Å². The molecule has 0 radical (unpaired) electrons. The van der Waals surface area contributed by atoms with E-state index in [2.05, 4.69) is 29.9 Å². The summed E-state index contributed by atoms with van der Waals surface area (Å²) >= 11 is 0. The molecule has 2 heterocycles. The zero-order valence-electron chi connectivity index (χ0n) is 10.8. The van der Waals surface area contributed by atoms with Crippen LogP contribution in [0.3, 0.4) is 0 Å². The van der Waals surface area contributed by atoms with Crippen LogP contribution in [-0.4, -0.2) is 33.6 Å². The lowest BCUT2D eigenvalue weighted by atomic mass is 10.4. The van der Waals surface area contributed by atoms with Gasteiger partial charge in [-0.05, 0) is 13.8 Å². The Morgan fingerprint density at radius 3 is 2.58 bits per heavy atom. The van der Waals surface area contributed by atoms with Gasteiger partial charge in [-0.15, -0.1) is 5.10 Å². The number of aromatic amines is 1. The Bertz CT molecular complexity index is 694. The van der Waals surface area contributed by atoms with E-state index in [4.69, 9.17) is 0 Å². The highest BCUT2D eigenvalue weighted by molar-refractivity contribution is 7.92. The summed E-state index contributed by atoms with van der Waals surface area (Å²) in [5.74, 6) is 0.537. The smallest absolute Gasteiger partial charge is 0.281 e. The second-order valence-corrected chi connectivity index (χ2v) is 5.61. The minimum absolute atomic E-state index is 0.0221. The summed E-state index contributed by atoms with van der Waals surface area (Å²) in [7, 11) is -3.77. The third-order valence-corrected chi connectivity index (χ3v) is 3.78. The summed E-state index contributed by atoms with van der Waals surface area (Å²) in [4.78, 5) is 10.7. The summed E-state index contributed by atoms with van der Waals surface area (Å²) in [5.41, 5.74) is 1.27. The Morgan fingerprint density at radius 2 is 2.00 bits per heavy atom. The first-order valence-corrected chi connectivity index (χ1v) is 7.15. The Labute approximate surface area is 110 Å². The maximum absolute atomic E-state index is 12.0. The van der Waals surface area contributed by atoms with E-state index in [0.29, 0.717) is 23.6 Å². The van der Waals surface area contributed by atoms with Crippen LogP contribution in [0.25, 0.3) is 0 Å². The van der Waals surface area contributed by atoms with Gasteiger partial charge in [-0.2, -0.15) is 13.5 Å². The van der Waals surface area contributed by atoms with Crippen LogP contribution in [0.2, 0.25) is 0 Å². The zero-order chi connectivity index (χ0) is 14.0. The third kappa shape index (κ3) is 2.87. The number of hydrogen-bond donors (Lipinski definition) is 2. The van der Waals surface area contributed by atoms with E-state index < -0.39 is 10.0 Å². The van der Waals surface area contributed by atoms with Crippen molar-refractivity contribution in [2.75, 3.05) is 4.72 Å². The molecule has 0 aliphatic rings. The molecular formula is C10H14N6O2S. The lowest BCUT2D eigenvalue weighted by molar-refractivity contribution is 0.597. The van der Waals surface area contributed by atoms with E-state index in [1.807, 2.05) is 6.92 Å². The lowest BCUT2D eigenvalue weighted by Crippen LogP contribution is -2.16. The summed E-state index contributed by atoms with van der Waals surface area (Å²) in [6, 6.07) is 0. The van der Waals surface area contributed by atoms with Crippen LogP contribution in [0.4, 0.5) is 5.95 Å². The van der Waals surface area contributed by atoms with Crippen LogP contribution in [0.15, 0.2) is 11.2 Å². The van der Waals surface area contributed by atoms with Gasteiger partial charge in [0.1, 0.15) is 5.82 Å². The van der Waals surface area contributed by atoms with Crippen LogP contribution in [-0.2, 0) is 16.4 Å². The van der Waals surface area contributed by atoms with Gasteiger partial charge in [-0.3, -0.25) is 0 Å². The molecule has 2 rings (SSSR count). The van der Waals surface area contributed by atoms with Crippen molar-refractivity contribution < 1.29 is 8.42 Å². The monoisotopic (exact) mass is 282 g/mol. The van der Waals surface area contributed by atoms with Gasteiger partial charge in [0.05, 0.1) is 17.6 Å². The number of nitrogens with zero attached hydrogens (tertiary/aromatic N) is 4. The van der Waals surface area contributed by atoms with Crippen molar-refractivity contribution in [2.45, 2.75) is 32.2 Å². The minimum Gasteiger partial charge on any atom is -0.332 e. The van der Waals surface area contributed by atoms with E-state index in [9.17, 15) is 8.42 Å². The topological polar surface area (TPSA) is 114 Å². The molecule has 9 heteroatoms. The molecule has 102 valence electrons. The van der Waals surface area contributed by atoms with E-state index in [1.54, 1.807) is 13.8 Å². The predicted molar refractivity (Wildman–Crippen MR) is 68.1 cm³/mol. The standard InChI is InChI=1S/C10H14N6O2S/c1-4-8-11-5-9(13-8)19(17,18)16-10-12-6(2)7(3)14-15-10/h5H,4H2,1-3H3,(H,11,13)(H,12,15,16). The first kappa shape index (κ1) is 13.4. The molecule has 2 aromatic heterocycles. The van der Waals surface area contributed by atoms with Gasteiger partial charge >= 0.3 is 0 Å². The molecule has 0 atom stereocenters. The van der Waals surface area contributed by atoms with Crippen molar-refractivity contribution in [1.29, 1.82) is 0 Å². The number of aryl methyl sites for hydroxylation is 3. The molecular weight excluding hydrogens is 268 g/mol. The van der Waals surface area contributed by atoms with Crippen LogP contribution in [0, 0.1) is 13.8 Å².